The fraction of sp³-hybridized carbons (Fsp3) is 0.619. The number of amides is 2. The molecule has 0 spiro atoms. The molecule has 1 aromatic carbocycles. The van der Waals surface area contributed by atoms with E-state index in [2.05, 4.69) is 5.32 Å². The quantitative estimate of drug-likeness (QED) is 0.763. The molecule has 0 saturated carbocycles. The number of likely N-dealkylation sites (tertiary alicyclic amines) is 1. The van der Waals surface area contributed by atoms with Crippen molar-refractivity contribution in [1.82, 2.24) is 14.5 Å². The molecule has 0 radical (unpaired) electrons. The number of hydrogen-bond donors (Lipinski definition) is 1. The average molecular weight is 422 g/mol. The van der Waals surface area contributed by atoms with Crippen LogP contribution < -0.4 is 5.32 Å². The Labute approximate surface area is 173 Å². The highest BCUT2D eigenvalue weighted by Crippen LogP contribution is 2.21. The van der Waals surface area contributed by atoms with Crippen molar-refractivity contribution in [3.63, 3.8) is 0 Å². The van der Waals surface area contributed by atoms with Crippen LogP contribution in [0.5, 0.6) is 0 Å². The highest BCUT2D eigenvalue weighted by atomic mass is 32.2. The third-order valence-electron chi connectivity index (χ3n) is 5.60. The molecule has 2 aliphatic rings. The second-order valence-corrected chi connectivity index (χ2v) is 9.81. The maximum absolute atomic E-state index is 12.8. The molecule has 160 valence electrons. The van der Waals surface area contributed by atoms with Gasteiger partial charge in [0.05, 0.1) is 11.4 Å². The van der Waals surface area contributed by atoms with Gasteiger partial charge in [0, 0.05) is 32.6 Å². The van der Waals surface area contributed by atoms with Crippen LogP contribution in [0.1, 0.15) is 56.9 Å². The van der Waals surface area contributed by atoms with Gasteiger partial charge in [-0.2, -0.15) is 4.31 Å². The van der Waals surface area contributed by atoms with E-state index in [1.807, 2.05) is 0 Å². The Bertz CT molecular complexity index is 819. The Balaban J connectivity index is 1.57. The minimum absolute atomic E-state index is 0.0365. The number of piperidine rings is 1. The van der Waals surface area contributed by atoms with Crippen molar-refractivity contribution in [3.8, 4) is 0 Å². The van der Waals surface area contributed by atoms with Gasteiger partial charge in [-0.25, -0.2) is 8.42 Å². The molecule has 2 heterocycles. The first kappa shape index (κ1) is 21.8. The molecule has 0 atom stereocenters. The van der Waals surface area contributed by atoms with E-state index in [9.17, 15) is 18.0 Å². The zero-order valence-electron chi connectivity index (χ0n) is 16.9. The summed E-state index contributed by atoms with van der Waals surface area (Å²) in [6.45, 7) is 2.05. The molecule has 29 heavy (non-hydrogen) atoms. The molecule has 0 unspecified atom stereocenters. The standard InChI is InChI=1S/C21H31N3O4S/c25-20(17-23-12-5-2-1-4-11-21(23)26)22-16-18-9-8-10-19(15-18)29(27,28)24-13-6-3-7-14-24/h8-10,15H,1-7,11-14,16-17H2,(H,22,25). The first-order chi connectivity index (χ1) is 14.0. The first-order valence-corrected chi connectivity index (χ1v) is 12.0. The lowest BCUT2D eigenvalue weighted by Crippen LogP contribution is -2.41. The molecular weight excluding hydrogens is 390 g/mol. The van der Waals surface area contributed by atoms with E-state index in [4.69, 9.17) is 0 Å². The van der Waals surface area contributed by atoms with E-state index in [1.54, 1.807) is 33.5 Å². The van der Waals surface area contributed by atoms with E-state index >= 15 is 0 Å². The Hall–Kier alpha value is -1.93. The van der Waals surface area contributed by atoms with Crippen molar-refractivity contribution in [2.45, 2.75) is 62.8 Å². The summed E-state index contributed by atoms with van der Waals surface area (Å²) >= 11 is 0. The predicted molar refractivity (Wildman–Crippen MR) is 111 cm³/mol. The second kappa shape index (κ2) is 10.2. The minimum Gasteiger partial charge on any atom is -0.350 e. The van der Waals surface area contributed by atoms with Crippen LogP contribution in [0.3, 0.4) is 0 Å². The average Bonchev–Trinajstić information content (AvgIpc) is 2.73. The van der Waals surface area contributed by atoms with Crippen LogP contribution in [0.4, 0.5) is 0 Å². The van der Waals surface area contributed by atoms with E-state index in [1.165, 1.54) is 0 Å². The highest BCUT2D eigenvalue weighted by Gasteiger charge is 2.26. The lowest BCUT2D eigenvalue weighted by Gasteiger charge is -2.26. The van der Waals surface area contributed by atoms with Crippen molar-refractivity contribution >= 4 is 21.8 Å². The molecule has 2 amide bonds. The van der Waals surface area contributed by atoms with Gasteiger partial charge < -0.3 is 10.2 Å². The highest BCUT2D eigenvalue weighted by molar-refractivity contribution is 7.89. The van der Waals surface area contributed by atoms with E-state index in [0.717, 1.165) is 50.5 Å². The minimum atomic E-state index is -3.49. The lowest BCUT2D eigenvalue weighted by atomic mass is 10.1. The van der Waals surface area contributed by atoms with Gasteiger partial charge in [-0.1, -0.05) is 31.4 Å². The van der Waals surface area contributed by atoms with Crippen LogP contribution in [-0.2, 0) is 26.2 Å². The van der Waals surface area contributed by atoms with Crippen molar-refractivity contribution in [2.75, 3.05) is 26.2 Å². The zero-order valence-corrected chi connectivity index (χ0v) is 17.8. The van der Waals surface area contributed by atoms with Crippen LogP contribution in [0.15, 0.2) is 29.2 Å². The molecule has 0 bridgehead atoms. The summed E-state index contributed by atoms with van der Waals surface area (Å²) in [5.74, 6) is -0.183. The maximum Gasteiger partial charge on any atom is 0.243 e. The van der Waals surface area contributed by atoms with E-state index < -0.39 is 10.0 Å². The van der Waals surface area contributed by atoms with Gasteiger partial charge in [0.15, 0.2) is 0 Å². The molecular formula is C21H31N3O4S. The zero-order chi connectivity index (χ0) is 20.7. The summed E-state index contributed by atoms with van der Waals surface area (Å²) < 4.78 is 27.2. The summed E-state index contributed by atoms with van der Waals surface area (Å²) in [6.07, 6.45) is 7.33. The van der Waals surface area contributed by atoms with Crippen LogP contribution in [0.2, 0.25) is 0 Å². The molecule has 8 heteroatoms. The van der Waals surface area contributed by atoms with Gasteiger partial charge in [-0.05, 0) is 43.4 Å². The number of nitrogens with zero attached hydrogens (tertiary/aromatic N) is 2. The maximum atomic E-state index is 12.8. The van der Waals surface area contributed by atoms with Gasteiger partial charge in [-0.15, -0.1) is 0 Å². The number of carbonyl (C=O) groups excluding carboxylic acids is 2. The number of hydrogen-bond acceptors (Lipinski definition) is 4. The van der Waals surface area contributed by atoms with Crippen LogP contribution in [0, 0.1) is 0 Å². The summed E-state index contributed by atoms with van der Waals surface area (Å²) in [4.78, 5) is 26.4. The number of rotatable bonds is 6. The molecule has 0 aliphatic carbocycles. The molecule has 2 saturated heterocycles. The topological polar surface area (TPSA) is 86.8 Å². The van der Waals surface area contributed by atoms with Gasteiger partial charge in [-0.3, -0.25) is 9.59 Å². The third kappa shape index (κ3) is 6.02. The van der Waals surface area contributed by atoms with Gasteiger partial charge in [0.2, 0.25) is 21.8 Å². The predicted octanol–water partition coefficient (Wildman–Crippen LogP) is 2.27. The largest absolute Gasteiger partial charge is 0.350 e. The number of nitrogens with one attached hydrogen (secondary N) is 1. The number of benzene rings is 1. The fourth-order valence-corrected chi connectivity index (χ4v) is 5.47. The van der Waals surface area contributed by atoms with Crippen LogP contribution in [-0.4, -0.2) is 55.6 Å². The molecule has 1 aromatic rings. The fourth-order valence-electron chi connectivity index (χ4n) is 3.88. The summed E-state index contributed by atoms with van der Waals surface area (Å²) in [7, 11) is -3.49. The van der Waals surface area contributed by atoms with Crippen molar-refractivity contribution in [2.24, 2.45) is 0 Å². The Morgan fingerprint density at radius 2 is 1.66 bits per heavy atom. The Morgan fingerprint density at radius 3 is 2.45 bits per heavy atom. The lowest BCUT2D eigenvalue weighted by molar-refractivity contribution is -0.136. The molecule has 2 aliphatic heterocycles. The van der Waals surface area contributed by atoms with Gasteiger partial charge in [0.25, 0.3) is 0 Å². The van der Waals surface area contributed by atoms with E-state index in [0.29, 0.717) is 26.1 Å². The molecule has 1 N–H and O–H groups in total. The van der Waals surface area contributed by atoms with Crippen LogP contribution >= 0.6 is 0 Å². The summed E-state index contributed by atoms with van der Waals surface area (Å²) in [5.41, 5.74) is 0.732. The molecule has 2 fully saturated rings. The Morgan fingerprint density at radius 1 is 0.966 bits per heavy atom. The van der Waals surface area contributed by atoms with Gasteiger partial charge in [0.1, 0.15) is 0 Å². The van der Waals surface area contributed by atoms with Gasteiger partial charge >= 0.3 is 0 Å². The van der Waals surface area contributed by atoms with Crippen molar-refractivity contribution < 1.29 is 18.0 Å². The summed E-state index contributed by atoms with van der Waals surface area (Å²) in [6, 6.07) is 6.75. The van der Waals surface area contributed by atoms with Crippen molar-refractivity contribution in [1.29, 1.82) is 0 Å². The normalized spacial score (nSPS) is 19.4. The number of carbonyl (C=O) groups is 2. The monoisotopic (exact) mass is 421 g/mol. The molecule has 0 aromatic heterocycles. The smallest absolute Gasteiger partial charge is 0.243 e. The number of sulfonamides is 1. The van der Waals surface area contributed by atoms with E-state index in [-0.39, 0.29) is 29.8 Å². The molecule has 7 nitrogen and oxygen atoms in total. The molecule has 3 rings (SSSR count). The SMILES string of the molecule is O=C(CN1CCCCCCC1=O)NCc1cccc(S(=O)(=O)N2CCCCC2)c1. The Kier molecular flexibility index (Phi) is 7.66. The second-order valence-electron chi connectivity index (χ2n) is 7.87. The summed E-state index contributed by atoms with van der Waals surface area (Å²) in [5, 5.41) is 2.82. The first-order valence-electron chi connectivity index (χ1n) is 10.6. The third-order valence-corrected chi connectivity index (χ3v) is 7.49. The van der Waals surface area contributed by atoms with Crippen molar-refractivity contribution in [3.05, 3.63) is 29.8 Å². The van der Waals surface area contributed by atoms with Crippen LogP contribution in [0.25, 0.3) is 0 Å².